The van der Waals surface area contributed by atoms with Gasteiger partial charge in [0.15, 0.2) is 5.84 Å². The molecular formula is C13H17F3N4O. The van der Waals surface area contributed by atoms with Crippen molar-refractivity contribution in [1.29, 1.82) is 0 Å². The third kappa shape index (κ3) is 3.37. The Labute approximate surface area is 120 Å². The Morgan fingerprint density at radius 3 is 2.52 bits per heavy atom. The molecule has 116 valence electrons. The number of amidine groups is 1. The molecule has 0 unspecified atom stereocenters. The van der Waals surface area contributed by atoms with E-state index in [1.165, 1.54) is 6.07 Å². The van der Waals surface area contributed by atoms with Crippen molar-refractivity contribution in [3.63, 3.8) is 0 Å². The predicted octanol–water partition coefficient (Wildman–Crippen LogP) is 2.43. The van der Waals surface area contributed by atoms with Crippen LogP contribution in [0.3, 0.4) is 0 Å². The zero-order valence-electron chi connectivity index (χ0n) is 11.6. The Bertz CT molecular complexity index is 537. The molecule has 5 nitrogen and oxygen atoms in total. The molecule has 0 aromatic carbocycles. The number of anilines is 1. The molecule has 1 aliphatic heterocycles. The van der Waals surface area contributed by atoms with Gasteiger partial charge in [0.05, 0.1) is 5.56 Å². The number of pyridine rings is 1. The van der Waals surface area contributed by atoms with Gasteiger partial charge in [-0.15, -0.1) is 0 Å². The molecule has 2 rings (SSSR count). The lowest BCUT2D eigenvalue weighted by Crippen LogP contribution is -2.35. The summed E-state index contributed by atoms with van der Waals surface area (Å²) >= 11 is 0. The summed E-state index contributed by atoms with van der Waals surface area (Å²) in [6.45, 7) is 3.30. The average molecular weight is 302 g/mol. The van der Waals surface area contributed by atoms with Crippen LogP contribution in [0.1, 0.15) is 31.0 Å². The summed E-state index contributed by atoms with van der Waals surface area (Å²) in [7, 11) is 0. The Kier molecular flexibility index (Phi) is 4.24. The SMILES string of the molecule is CC1CCN(c2nc(C(F)(F)F)ccc2C(N)=NO)CC1. The lowest BCUT2D eigenvalue weighted by molar-refractivity contribution is -0.141. The molecule has 3 N–H and O–H groups in total. The van der Waals surface area contributed by atoms with Crippen LogP contribution in [0, 0.1) is 5.92 Å². The second-order valence-corrected chi connectivity index (χ2v) is 5.22. The van der Waals surface area contributed by atoms with E-state index >= 15 is 0 Å². The summed E-state index contributed by atoms with van der Waals surface area (Å²) in [4.78, 5) is 5.44. The van der Waals surface area contributed by atoms with Crippen molar-refractivity contribution in [2.45, 2.75) is 25.9 Å². The summed E-state index contributed by atoms with van der Waals surface area (Å²) in [6, 6.07) is 2.03. The number of alkyl halides is 3. The van der Waals surface area contributed by atoms with E-state index in [-0.39, 0.29) is 17.2 Å². The molecule has 0 bridgehead atoms. The number of aromatic nitrogens is 1. The van der Waals surface area contributed by atoms with Gasteiger partial charge in [-0.3, -0.25) is 0 Å². The van der Waals surface area contributed by atoms with Gasteiger partial charge in [-0.2, -0.15) is 13.2 Å². The van der Waals surface area contributed by atoms with E-state index in [4.69, 9.17) is 10.9 Å². The monoisotopic (exact) mass is 302 g/mol. The molecule has 1 saturated heterocycles. The Hall–Kier alpha value is -1.99. The van der Waals surface area contributed by atoms with Crippen LogP contribution in [0.4, 0.5) is 19.0 Å². The van der Waals surface area contributed by atoms with Gasteiger partial charge in [0.1, 0.15) is 11.5 Å². The number of piperidine rings is 1. The van der Waals surface area contributed by atoms with Crippen LogP contribution in [0.15, 0.2) is 17.3 Å². The molecule has 0 radical (unpaired) electrons. The normalized spacial score (nSPS) is 18.1. The molecular weight excluding hydrogens is 285 g/mol. The molecule has 8 heteroatoms. The van der Waals surface area contributed by atoms with Crippen LogP contribution >= 0.6 is 0 Å². The van der Waals surface area contributed by atoms with Crippen molar-refractivity contribution in [2.75, 3.05) is 18.0 Å². The smallest absolute Gasteiger partial charge is 0.409 e. The van der Waals surface area contributed by atoms with Gasteiger partial charge in [0.2, 0.25) is 0 Å². The molecule has 1 fully saturated rings. The highest BCUT2D eigenvalue weighted by Gasteiger charge is 2.34. The van der Waals surface area contributed by atoms with Crippen LogP contribution in [-0.4, -0.2) is 29.1 Å². The third-order valence-electron chi connectivity index (χ3n) is 3.63. The highest BCUT2D eigenvalue weighted by molar-refractivity contribution is 6.01. The molecule has 0 amide bonds. The van der Waals surface area contributed by atoms with Gasteiger partial charge in [0, 0.05) is 13.1 Å². The topological polar surface area (TPSA) is 74.7 Å². The van der Waals surface area contributed by atoms with Crippen molar-refractivity contribution in [2.24, 2.45) is 16.8 Å². The second-order valence-electron chi connectivity index (χ2n) is 5.22. The predicted molar refractivity (Wildman–Crippen MR) is 72.4 cm³/mol. The van der Waals surface area contributed by atoms with Crippen LogP contribution in [-0.2, 0) is 6.18 Å². The van der Waals surface area contributed by atoms with E-state index in [1.807, 2.05) is 0 Å². The molecule has 0 aliphatic carbocycles. The number of nitrogens with zero attached hydrogens (tertiary/aromatic N) is 3. The van der Waals surface area contributed by atoms with Gasteiger partial charge in [-0.25, -0.2) is 4.98 Å². The fourth-order valence-electron chi connectivity index (χ4n) is 2.32. The van der Waals surface area contributed by atoms with Crippen molar-refractivity contribution in [3.05, 3.63) is 23.4 Å². The lowest BCUT2D eigenvalue weighted by atomic mass is 9.99. The van der Waals surface area contributed by atoms with Crippen molar-refractivity contribution >= 4 is 11.7 Å². The first-order valence-corrected chi connectivity index (χ1v) is 6.64. The summed E-state index contributed by atoms with van der Waals surface area (Å²) in [6.07, 6.45) is -2.79. The fraction of sp³-hybridized carbons (Fsp3) is 0.538. The molecule has 0 saturated carbocycles. The largest absolute Gasteiger partial charge is 0.433 e. The fourth-order valence-corrected chi connectivity index (χ4v) is 2.32. The minimum Gasteiger partial charge on any atom is -0.409 e. The van der Waals surface area contributed by atoms with E-state index in [0.29, 0.717) is 19.0 Å². The van der Waals surface area contributed by atoms with E-state index in [9.17, 15) is 13.2 Å². The number of hydrogen-bond acceptors (Lipinski definition) is 4. The Morgan fingerprint density at radius 2 is 2.00 bits per heavy atom. The maximum absolute atomic E-state index is 12.8. The first-order valence-electron chi connectivity index (χ1n) is 6.64. The summed E-state index contributed by atoms with van der Waals surface area (Å²) < 4.78 is 38.5. The molecule has 1 aliphatic rings. The standard InChI is InChI=1S/C13H17F3N4O/c1-8-4-6-20(7-5-8)12-9(11(17)19-21)2-3-10(18-12)13(14,15)16/h2-3,8,21H,4-7H2,1H3,(H2,17,19). The Balaban J connectivity index is 2.43. The summed E-state index contributed by atoms with van der Waals surface area (Å²) in [5.41, 5.74) is 4.77. The van der Waals surface area contributed by atoms with E-state index in [1.54, 1.807) is 4.90 Å². The van der Waals surface area contributed by atoms with Crippen molar-refractivity contribution in [1.82, 2.24) is 4.98 Å². The van der Waals surface area contributed by atoms with Gasteiger partial charge >= 0.3 is 6.18 Å². The second kappa shape index (κ2) is 5.79. The number of halogens is 3. The zero-order valence-corrected chi connectivity index (χ0v) is 11.6. The zero-order chi connectivity index (χ0) is 15.6. The number of rotatable bonds is 2. The number of nitrogens with two attached hydrogens (primary N) is 1. The van der Waals surface area contributed by atoms with Gasteiger partial charge < -0.3 is 15.8 Å². The van der Waals surface area contributed by atoms with Crippen LogP contribution in [0.25, 0.3) is 0 Å². The minimum absolute atomic E-state index is 0.118. The van der Waals surface area contributed by atoms with E-state index in [2.05, 4.69) is 17.1 Å². The van der Waals surface area contributed by atoms with Crippen LogP contribution in [0.5, 0.6) is 0 Å². The van der Waals surface area contributed by atoms with Gasteiger partial charge in [-0.1, -0.05) is 12.1 Å². The Morgan fingerprint density at radius 1 is 1.38 bits per heavy atom. The summed E-state index contributed by atoms with van der Waals surface area (Å²) in [5, 5.41) is 11.6. The highest BCUT2D eigenvalue weighted by Crippen LogP contribution is 2.32. The summed E-state index contributed by atoms with van der Waals surface area (Å²) in [5.74, 6) is 0.399. The quantitative estimate of drug-likeness (QED) is 0.381. The maximum atomic E-state index is 12.8. The van der Waals surface area contributed by atoms with Gasteiger partial charge in [-0.05, 0) is 30.9 Å². The van der Waals surface area contributed by atoms with Gasteiger partial charge in [0.25, 0.3) is 0 Å². The molecule has 0 spiro atoms. The van der Waals surface area contributed by atoms with Crippen molar-refractivity contribution in [3.8, 4) is 0 Å². The number of oxime groups is 1. The minimum atomic E-state index is -4.53. The lowest BCUT2D eigenvalue weighted by Gasteiger charge is -2.32. The van der Waals surface area contributed by atoms with E-state index < -0.39 is 11.9 Å². The average Bonchev–Trinajstić information content (AvgIpc) is 2.45. The first kappa shape index (κ1) is 15.4. The van der Waals surface area contributed by atoms with Crippen LogP contribution in [0.2, 0.25) is 0 Å². The molecule has 1 aromatic heterocycles. The van der Waals surface area contributed by atoms with Crippen LogP contribution < -0.4 is 10.6 Å². The molecule has 2 heterocycles. The van der Waals surface area contributed by atoms with E-state index in [0.717, 1.165) is 18.9 Å². The third-order valence-corrected chi connectivity index (χ3v) is 3.63. The molecule has 0 atom stereocenters. The van der Waals surface area contributed by atoms with Crippen molar-refractivity contribution < 1.29 is 18.4 Å². The highest BCUT2D eigenvalue weighted by atomic mass is 19.4. The number of hydrogen-bond donors (Lipinski definition) is 2. The molecule has 21 heavy (non-hydrogen) atoms. The first-order chi connectivity index (χ1) is 9.82. The molecule has 1 aromatic rings. The maximum Gasteiger partial charge on any atom is 0.433 e.